The molecule has 0 aliphatic carbocycles. The van der Waals surface area contributed by atoms with E-state index < -0.39 is 5.97 Å². The molecule has 0 unspecified atom stereocenters. The zero-order chi connectivity index (χ0) is 18.4. The number of methoxy groups -OCH3 is 1. The van der Waals surface area contributed by atoms with Crippen LogP contribution in [0.3, 0.4) is 0 Å². The number of esters is 1. The van der Waals surface area contributed by atoms with Crippen LogP contribution in [0.15, 0.2) is 24.3 Å². The summed E-state index contributed by atoms with van der Waals surface area (Å²) in [7, 11) is 1.56. The number of aromatic nitrogens is 2. The van der Waals surface area contributed by atoms with E-state index in [1.165, 1.54) is 0 Å². The number of allylic oxidation sites excluding steroid dienone is 1. The second-order valence-corrected chi connectivity index (χ2v) is 5.79. The number of hydrogen-bond donors (Lipinski definition) is 1. The van der Waals surface area contributed by atoms with Crippen LogP contribution < -0.4 is 9.47 Å². The standard InChI is InChI=1S/C19H22N2O5/c1-3-4-13-5-6-17(18(9-13)23-2)25-12-19(22)26-11-16-14-10-24-8-7-15(14)20-21-16/h3-6,9H,7-8,10-12H2,1-2H3,(H,20,21)/b4-3+. The molecule has 0 amide bonds. The second-order valence-electron chi connectivity index (χ2n) is 5.79. The molecule has 1 aromatic heterocycles. The van der Waals surface area contributed by atoms with Crippen molar-refractivity contribution < 1.29 is 23.7 Å². The number of ether oxygens (including phenoxy) is 4. The van der Waals surface area contributed by atoms with Crippen LogP contribution >= 0.6 is 0 Å². The Morgan fingerprint density at radius 3 is 3.08 bits per heavy atom. The highest BCUT2D eigenvalue weighted by Gasteiger charge is 2.18. The molecule has 2 aromatic rings. The Bertz CT molecular complexity index is 797. The number of rotatable bonds is 7. The van der Waals surface area contributed by atoms with Gasteiger partial charge in [0.2, 0.25) is 0 Å². The lowest BCUT2D eigenvalue weighted by atomic mass is 10.1. The van der Waals surface area contributed by atoms with Crippen molar-refractivity contribution in [3.63, 3.8) is 0 Å². The molecular formula is C19H22N2O5. The highest BCUT2D eigenvalue weighted by atomic mass is 16.6. The van der Waals surface area contributed by atoms with Gasteiger partial charge < -0.3 is 18.9 Å². The first kappa shape index (κ1) is 18.0. The average Bonchev–Trinajstić information content (AvgIpc) is 3.08. The van der Waals surface area contributed by atoms with Crippen molar-refractivity contribution in [1.82, 2.24) is 10.2 Å². The number of nitrogens with zero attached hydrogens (tertiary/aromatic N) is 1. The Hall–Kier alpha value is -2.80. The van der Waals surface area contributed by atoms with E-state index in [9.17, 15) is 4.79 Å². The minimum atomic E-state index is -0.474. The summed E-state index contributed by atoms with van der Waals surface area (Å²) in [5.74, 6) is 0.577. The molecule has 0 saturated heterocycles. The fraction of sp³-hybridized carbons (Fsp3) is 0.368. The number of carbonyl (C=O) groups is 1. The molecule has 138 valence electrons. The Morgan fingerprint density at radius 1 is 1.38 bits per heavy atom. The Balaban J connectivity index is 1.53. The quantitative estimate of drug-likeness (QED) is 0.766. The van der Waals surface area contributed by atoms with Crippen molar-refractivity contribution in [2.45, 2.75) is 26.6 Å². The molecule has 7 nitrogen and oxygen atoms in total. The van der Waals surface area contributed by atoms with Gasteiger partial charge in [0, 0.05) is 17.7 Å². The molecule has 2 heterocycles. The van der Waals surface area contributed by atoms with Gasteiger partial charge in [0.05, 0.1) is 20.3 Å². The third-order valence-electron chi connectivity index (χ3n) is 4.04. The van der Waals surface area contributed by atoms with Crippen LogP contribution in [-0.2, 0) is 33.9 Å². The van der Waals surface area contributed by atoms with Crippen LogP contribution in [0.5, 0.6) is 11.5 Å². The largest absolute Gasteiger partial charge is 0.493 e. The summed E-state index contributed by atoms with van der Waals surface area (Å²) < 4.78 is 21.5. The van der Waals surface area contributed by atoms with Crippen molar-refractivity contribution in [2.75, 3.05) is 20.3 Å². The van der Waals surface area contributed by atoms with Gasteiger partial charge in [-0.25, -0.2) is 4.79 Å². The van der Waals surface area contributed by atoms with Crippen LogP contribution in [-0.4, -0.2) is 36.5 Å². The molecule has 0 spiro atoms. The van der Waals surface area contributed by atoms with Gasteiger partial charge in [0.1, 0.15) is 12.3 Å². The molecule has 1 N–H and O–H groups in total. The maximum absolute atomic E-state index is 12.0. The predicted octanol–water partition coefficient (Wildman–Crippen LogP) is 2.65. The summed E-state index contributed by atoms with van der Waals surface area (Å²) in [6, 6.07) is 5.50. The molecular weight excluding hydrogens is 336 g/mol. The number of benzene rings is 1. The highest BCUT2D eigenvalue weighted by molar-refractivity contribution is 5.71. The molecule has 0 bridgehead atoms. The first-order chi connectivity index (χ1) is 12.7. The molecule has 0 saturated carbocycles. The molecule has 0 fully saturated rings. The summed E-state index contributed by atoms with van der Waals surface area (Å²) in [5.41, 5.74) is 3.71. The van der Waals surface area contributed by atoms with E-state index in [-0.39, 0.29) is 13.2 Å². The average molecular weight is 358 g/mol. The van der Waals surface area contributed by atoms with Crippen LogP contribution in [0.25, 0.3) is 6.08 Å². The summed E-state index contributed by atoms with van der Waals surface area (Å²) in [5, 5.41) is 7.16. The maximum Gasteiger partial charge on any atom is 0.344 e. The molecule has 0 atom stereocenters. The van der Waals surface area contributed by atoms with Gasteiger partial charge >= 0.3 is 5.97 Å². The molecule has 0 radical (unpaired) electrons. The smallest absolute Gasteiger partial charge is 0.344 e. The topological polar surface area (TPSA) is 82.7 Å². The van der Waals surface area contributed by atoms with Crippen molar-refractivity contribution in [2.24, 2.45) is 0 Å². The summed E-state index contributed by atoms with van der Waals surface area (Å²) in [4.78, 5) is 12.0. The van der Waals surface area contributed by atoms with Gasteiger partial charge in [-0.1, -0.05) is 18.2 Å². The second kappa shape index (κ2) is 8.53. The third kappa shape index (κ3) is 4.23. The summed E-state index contributed by atoms with van der Waals surface area (Å²) >= 11 is 0. The fourth-order valence-electron chi connectivity index (χ4n) is 2.72. The number of nitrogens with one attached hydrogen (secondary N) is 1. The number of fused-ring (bicyclic) bond motifs is 1. The first-order valence-electron chi connectivity index (χ1n) is 8.43. The van der Waals surface area contributed by atoms with Gasteiger partial charge in [-0.15, -0.1) is 0 Å². The minimum absolute atomic E-state index is 0.0920. The molecule has 1 aliphatic rings. The van der Waals surface area contributed by atoms with Crippen molar-refractivity contribution in [3.8, 4) is 11.5 Å². The third-order valence-corrected chi connectivity index (χ3v) is 4.04. The monoisotopic (exact) mass is 358 g/mol. The summed E-state index contributed by atoms with van der Waals surface area (Å²) in [6.07, 6.45) is 4.68. The molecule has 26 heavy (non-hydrogen) atoms. The van der Waals surface area contributed by atoms with Crippen LogP contribution in [0, 0.1) is 0 Å². The lowest BCUT2D eigenvalue weighted by Gasteiger charge is -2.13. The van der Waals surface area contributed by atoms with Crippen molar-refractivity contribution in [3.05, 3.63) is 46.8 Å². The van der Waals surface area contributed by atoms with Gasteiger partial charge in [0.15, 0.2) is 18.1 Å². The van der Waals surface area contributed by atoms with Crippen molar-refractivity contribution >= 4 is 12.0 Å². The van der Waals surface area contributed by atoms with Crippen LogP contribution in [0.2, 0.25) is 0 Å². The highest BCUT2D eigenvalue weighted by Crippen LogP contribution is 2.28. The Morgan fingerprint density at radius 2 is 2.27 bits per heavy atom. The lowest BCUT2D eigenvalue weighted by Crippen LogP contribution is -2.16. The zero-order valence-corrected chi connectivity index (χ0v) is 14.9. The fourth-order valence-corrected chi connectivity index (χ4v) is 2.72. The van der Waals surface area contributed by atoms with Crippen molar-refractivity contribution in [1.29, 1.82) is 0 Å². The number of aromatic amines is 1. The maximum atomic E-state index is 12.0. The zero-order valence-electron chi connectivity index (χ0n) is 14.9. The van der Waals surface area contributed by atoms with Gasteiger partial charge in [-0.2, -0.15) is 5.10 Å². The normalized spacial score (nSPS) is 13.5. The van der Waals surface area contributed by atoms with E-state index in [1.807, 2.05) is 31.2 Å². The van der Waals surface area contributed by atoms with E-state index in [0.29, 0.717) is 30.4 Å². The molecule has 3 rings (SSSR count). The van der Waals surface area contributed by atoms with Gasteiger partial charge in [-0.05, 0) is 24.6 Å². The van der Waals surface area contributed by atoms with E-state index in [4.69, 9.17) is 18.9 Å². The van der Waals surface area contributed by atoms with E-state index >= 15 is 0 Å². The molecule has 1 aliphatic heterocycles. The number of hydrogen-bond acceptors (Lipinski definition) is 6. The number of carbonyl (C=O) groups excluding carboxylic acids is 1. The first-order valence-corrected chi connectivity index (χ1v) is 8.43. The molecule has 1 aromatic carbocycles. The minimum Gasteiger partial charge on any atom is -0.493 e. The van der Waals surface area contributed by atoms with Gasteiger partial charge in [0.25, 0.3) is 0 Å². The lowest BCUT2D eigenvalue weighted by molar-refractivity contribution is -0.147. The van der Waals surface area contributed by atoms with Gasteiger partial charge in [-0.3, -0.25) is 5.10 Å². The van der Waals surface area contributed by atoms with E-state index in [2.05, 4.69) is 10.2 Å². The van der Waals surface area contributed by atoms with E-state index in [0.717, 1.165) is 23.2 Å². The number of H-pyrrole nitrogens is 1. The summed E-state index contributed by atoms with van der Waals surface area (Å²) in [6.45, 7) is 2.99. The predicted molar refractivity (Wildman–Crippen MR) is 94.9 cm³/mol. The van der Waals surface area contributed by atoms with Crippen LogP contribution in [0.4, 0.5) is 0 Å². The van der Waals surface area contributed by atoms with Crippen LogP contribution in [0.1, 0.15) is 29.4 Å². The Labute approximate surface area is 151 Å². The SMILES string of the molecule is C/C=C/c1ccc(OCC(=O)OCc2n[nH]c3c2COCC3)c(OC)c1. The Kier molecular flexibility index (Phi) is 5.91. The van der Waals surface area contributed by atoms with E-state index in [1.54, 1.807) is 13.2 Å². The molecule has 7 heteroatoms.